The SMILES string of the molecule is N/C(CCNCC(O)c1ccsc1)=N/O. The highest BCUT2D eigenvalue weighted by atomic mass is 32.1. The predicted octanol–water partition coefficient (Wildman–Crippen LogP) is 0.508. The van der Waals surface area contributed by atoms with E-state index in [-0.39, 0.29) is 5.84 Å². The van der Waals surface area contributed by atoms with Gasteiger partial charge in [0.15, 0.2) is 0 Å². The van der Waals surface area contributed by atoms with Crippen molar-refractivity contribution in [2.45, 2.75) is 12.5 Å². The number of rotatable bonds is 6. The molecule has 0 spiro atoms. The number of nitrogens with one attached hydrogen (secondary N) is 1. The third-order valence-corrected chi connectivity index (χ3v) is 2.65. The van der Waals surface area contributed by atoms with E-state index < -0.39 is 6.10 Å². The minimum absolute atomic E-state index is 0.188. The molecule has 1 heterocycles. The van der Waals surface area contributed by atoms with Gasteiger partial charge in [0.2, 0.25) is 0 Å². The zero-order chi connectivity index (χ0) is 11.1. The van der Waals surface area contributed by atoms with Crippen molar-refractivity contribution in [1.82, 2.24) is 5.32 Å². The molecule has 0 aliphatic rings. The van der Waals surface area contributed by atoms with E-state index in [1.54, 1.807) is 11.3 Å². The molecule has 0 radical (unpaired) electrons. The van der Waals surface area contributed by atoms with Gasteiger partial charge >= 0.3 is 0 Å². The Morgan fingerprint density at radius 1 is 1.67 bits per heavy atom. The van der Waals surface area contributed by atoms with Gasteiger partial charge in [-0.3, -0.25) is 0 Å². The number of nitrogens with zero attached hydrogens (tertiary/aromatic N) is 1. The van der Waals surface area contributed by atoms with Gasteiger partial charge < -0.3 is 21.4 Å². The molecule has 5 nitrogen and oxygen atoms in total. The Bertz CT molecular complexity index is 300. The first kappa shape index (κ1) is 12.0. The van der Waals surface area contributed by atoms with Crippen LogP contribution in [0.25, 0.3) is 0 Å². The molecule has 1 aromatic heterocycles. The second-order valence-corrected chi connectivity index (χ2v) is 3.90. The maximum Gasteiger partial charge on any atom is 0.140 e. The summed E-state index contributed by atoms with van der Waals surface area (Å²) in [5, 5.41) is 27.7. The highest BCUT2D eigenvalue weighted by Gasteiger charge is 2.06. The van der Waals surface area contributed by atoms with Crippen molar-refractivity contribution in [3.8, 4) is 0 Å². The van der Waals surface area contributed by atoms with Crippen LogP contribution in [0, 0.1) is 0 Å². The Morgan fingerprint density at radius 2 is 2.47 bits per heavy atom. The van der Waals surface area contributed by atoms with Crippen LogP contribution in [0.2, 0.25) is 0 Å². The van der Waals surface area contributed by atoms with Crippen LogP contribution in [0.1, 0.15) is 18.1 Å². The number of thiophene rings is 1. The topological polar surface area (TPSA) is 90.9 Å². The molecule has 15 heavy (non-hydrogen) atoms. The van der Waals surface area contributed by atoms with Crippen molar-refractivity contribution in [1.29, 1.82) is 0 Å². The van der Waals surface area contributed by atoms with Gasteiger partial charge in [0.1, 0.15) is 5.84 Å². The van der Waals surface area contributed by atoms with Crippen LogP contribution in [0.5, 0.6) is 0 Å². The molecule has 5 N–H and O–H groups in total. The zero-order valence-electron chi connectivity index (χ0n) is 8.26. The van der Waals surface area contributed by atoms with Crippen LogP contribution < -0.4 is 11.1 Å². The van der Waals surface area contributed by atoms with E-state index in [0.717, 1.165) is 5.56 Å². The third kappa shape index (κ3) is 4.28. The number of oxime groups is 1. The van der Waals surface area contributed by atoms with Crippen LogP contribution in [0.3, 0.4) is 0 Å². The van der Waals surface area contributed by atoms with Crippen molar-refractivity contribution in [3.05, 3.63) is 22.4 Å². The van der Waals surface area contributed by atoms with Crippen molar-refractivity contribution in [2.75, 3.05) is 13.1 Å². The van der Waals surface area contributed by atoms with E-state index >= 15 is 0 Å². The minimum Gasteiger partial charge on any atom is -0.409 e. The molecule has 0 bridgehead atoms. The average molecular weight is 229 g/mol. The lowest BCUT2D eigenvalue weighted by atomic mass is 10.2. The lowest BCUT2D eigenvalue weighted by Crippen LogP contribution is -2.26. The first-order valence-electron chi connectivity index (χ1n) is 4.61. The summed E-state index contributed by atoms with van der Waals surface area (Å²) in [4.78, 5) is 0. The smallest absolute Gasteiger partial charge is 0.140 e. The summed E-state index contributed by atoms with van der Waals surface area (Å²) >= 11 is 1.56. The lowest BCUT2D eigenvalue weighted by Gasteiger charge is -2.09. The fourth-order valence-corrected chi connectivity index (χ4v) is 1.79. The Morgan fingerprint density at radius 3 is 3.07 bits per heavy atom. The summed E-state index contributed by atoms with van der Waals surface area (Å²) < 4.78 is 0. The summed E-state index contributed by atoms with van der Waals surface area (Å²) in [7, 11) is 0. The Labute approximate surface area is 92.2 Å². The van der Waals surface area contributed by atoms with Gasteiger partial charge in [0, 0.05) is 19.5 Å². The molecule has 0 aliphatic carbocycles. The van der Waals surface area contributed by atoms with E-state index in [1.165, 1.54) is 0 Å². The standard InChI is InChI=1S/C9H15N3O2S/c10-9(12-14)1-3-11-5-8(13)7-2-4-15-6-7/h2,4,6,8,11,13-14H,1,3,5H2,(H2,10,12). The fourth-order valence-electron chi connectivity index (χ4n) is 1.09. The quantitative estimate of drug-likeness (QED) is 0.188. The van der Waals surface area contributed by atoms with Crippen LogP contribution in [0.4, 0.5) is 0 Å². The van der Waals surface area contributed by atoms with E-state index in [4.69, 9.17) is 10.9 Å². The summed E-state index contributed by atoms with van der Waals surface area (Å²) in [5.41, 5.74) is 6.20. The van der Waals surface area contributed by atoms with Crippen LogP contribution in [-0.4, -0.2) is 29.2 Å². The van der Waals surface area contributed by atoms with Gasteiger partial charge in [-0.25, -0.2) is 0 Å². The van der Waals surface area contributed by atoms with E-state index in [2.05, 4.69) is 10.5 Å². The molecule has 0 aromatic carbocycles. The van der Waals surface area contributed by atoms with E-state index in [9.17, 15) is 5.11 Å². The van der Waals surface area contributed by atoms with Crippen LogP contribution in [0.15, 0.2) is 22.0 Å². The monoisotopic (exact) mass is 229 g/mol. The third-order valence-electron chi connectivity index (χ3n) is 1.95. The fraction of sp³-hybridized carbons (Fsp3) is 0.444. The minimum atomic E-state index is -0.497. The van der Waals surface area contributed by atoms with Gasteiger partial charge in [-0.1, -0.05) is 5.16 Å². The molecule has 1 unspecified atom stereocenters. The Kier molecular flexibility index (Phi) is 5.09. The molecule has 0 fully saturated rings. The molecule has 0 amide bonds. The van der Waals surface area contributed by atoms with Crippen molar-refractivity contribution >= 4 is 17.2 Å². The van der Waals surface area contributed by atoms with Gasteiger partial charge in [0.05, 0.1) is 6.10 Å². The molecule has 1 rings (SSSR count). The maximum absolute atomic E-state index is 9.67. The Balaban J connectivity index is 2.15. The second kappa shape index (κ2) is 6.39. The summed E-state index contributed by atoms with van der Waals surface area (Å²) in [6.45, 7) is 1.05. The first-order chi connectivity index (χ1) is 7.24. The van der Waals surface area contributed by atoms with Crippen LogP contribution in [-0.2, 0) is 0 Å². The zero-order valence-corrected chi connectivity index (χ0v) is 9.07. The normalized spacial score (nSPS) is 14.1. The van der Waals surface area contributed by atoms with Crippen molar-refractivity contribution < 1.29 is 10.3 Å². The van der Waals surface area contributed by atoms with Gasteiger partial charge in [0.25, 0.3) is 0 Å². The first-order valence-corrected chi connectivity index (χ1v) is 5.55. The number of nitrogens with two attached hydrogens (primary N) is 1. The molecule has 0 aliphatic heterocycles. The Hall–Kier alpha value is -1.11. The number of hydrogen-bond donors (Lipinski definition) is 4. The molecule has 0 saturated carbocycles. The van der Waals surface area contributed by atoms with Gasteiger partial charge in [-0.05, 0) is 22.4 Å². The number of aliphatic hydroxyl groups is 1. The molecule has 1 aromatic rings. The molecule has 1 atom stereocenters. The predicted molar refractivity (Wildman–Crippen MR) is 60.2 cm³/mol. The van der Waals surface area contributed by atoms with Crippen LogP contribution >= 0.6 is 11.3 Å². The lowest BCUT2D eigenvalue weighted by molar-refractivity contribution is 0.176. The van der Waals surface area contributed by atoms with Crippen molar-refractivity contribution in [3.63, 3.8) is 0 Å². The largest absolute Gasteiger partial charge is 0.409 e. The van der Waals surface area contributed by atoms with Crippen molar-refractivity contribution in [2.24, 2.45) is 10.9 Å². The summed E-state index contributed by atoms with van der Waals surface area (Å²) in [6.07, 6.45) is -0.0316. The second-order valence-electron chi connectivity index (χ2n) is 3.12. The van der Waals surface area contributed by atoms with Gasteiger partial charge in [-0.2, -0.15) is 11.3 Å². The highest BCUT2D eigenvalue weighted by molar-refractivity contribution is 7.07. The summed E-state index contributed by atoms with van der Waals surface area (Å²) in [6, 6.07) is 1.89. The molecule has 0 saturated heterocycles. The average Bonchev–Trinajstić information content (AvgIpc) is 2.77. The molecular formula is C9H15N3O2S. The summed E-state index contributed by atoms with van der Waals surface area (Å²) in [5.74, 6) is 0.188. The number of amidine groups is 1. The number of hydrogen-bond acceptors (Lipinski definition) is 5. The van der Waals surface area contributed by atoms with Gasteiger partial charge in [-0.15, -0.1) is 0 Å². The number of aliphatic hydroxyl groups excluding tert-OH is 1. The van der Waals surface area contributed by atoms with E-state index in [0.29, 0.717) is 19.5 Å². The molecule has 6 heteroatoms. The molecule has 84 valence electrons. The molecular weight excluding hydrogens is 214 g/mol. The highest BCUT2D eigenvalue weighted by Crippen LogP contribution is 2.14. The van der Waals surface area contributed by atoms with E-state index in [1.807, 2.05) is 16.8 Å². The maximum atomic E-state index is 9.67.